The van der Waals surface area contributed by atoms with Crippen molar-refractivity contribution in [2.45, 2.75) is 57.9 Å². The van der Waals surface area contributed by atoms with Gasteiger partial charge in [0, 0.05) is 54.5 Å². The van der Waals surface area contributed by atoms with Gasteiger partial charge in [0.15, 0.2) is 0 Å². The van der Waals surface area contributed by atoms with Crippen molar-refractivity contribution in [2.24, 2.45) is 5.73 Å². The summed E-state index contributed by atoms with van der Waals surface area (Å²) in [6, 6.07) is 10.4. The van der Waals surface area contributed by atoms with Crippen molar-refractivity contribution in [1.82, 2.24) is 24.8 Å². The Bertz CT molecular complexity index is 1750. The standard InChI is InChI=1S/C31H33F3N8S/c1-19-21(3-4-27-25(19)12-23(15-35)42(27)11-6-20-2-5-28(36)37-16-20)17-41-9-7-22(8-10-41)40-29-26-13-24(14-31(32,33)34)43-30(26)39-18-38-29/h2-5,12-13,18,22,37H,6-11,14,16-17,36H2,1H3,(H,38,39,40). The minimum absolute atomic E-state index is 0.178. The number of rotatable bonds is 8. The van der Waals surface area contributed by atoms with Gasteiger partial charge in [-0.3, -0.25) is 4.90 Å². The third-order valence-corrected chi connectivity index (χ3v) is 9.38. The maximum atomic E-state index is 12.9. The van der Waals surface area contributed by atoms with Crippen LogP contribution in [0, 0.1) is 18.3 Å². The van der Waals surface area contributed by atoms with Crippen LogP contribution in [-0.4, -0.2) is 51.3 Å². The summed E-state index contributed by atoms with van der Waals surface area (Å²) in [6.07, 6.45) is 2.76. The highest BCUT2D eigenvalue weighted by Crippen LogP contribution is 2.33. The number of nitrogens with one attached hydrogen (secondary N) is 2. The Hall–Kier alpha value is -4.08. The fraction of sp³-hybridized carbons (Fsp3) is 0.387. The lowest BCUT2D eigenvalue weighted by Gasteiger charge is -2.33. The zero-order valence-corrected chi connectivity index (χ0v) is 24.7. The van der Waals surface area contributed by atoms with Gasteiger partial charge < -0.3 is 20.9 Å². The van der Waals surface area contributed by atoms with Gasteiger partial charge in [0.2, 0.25) is 0 Å². The van der Waals surface area contributed by atoms with Crippen molar-refractivity contribution in [3.8, 4) is 6.07 Å². The highest BCUT2D eigenvalue weighted by molar-refractivity contribution is 7.18. The van der Waals surface area contributed by atoms with E-state index in [1.54, 1.807) is 6.07 Å². The number of thiophene rings is 1. The van der Waals surface area contributed by atoms with Crippen LogP contribution in [0.5, 0.6) is 0 Å². The molecule has 6 rings (SSSR count). The van der Waals surface area contributed by atoms with E-state index in [0.717, 1.165) is 74.2 Å². The molecular formula is C31H33F3N8S. The summed E-state index contributed by atoms with van der Waals surface area (Å²) >= 11 is 1.07. The summed E-state index contributed by atoms with van der Waals surface area (Å²) in [5.41, 5.74) is 11.2. The number of nitrogens with two attached hydrogens (primary N) is 1. The molecule has 12 heteroatoms. The fourth-order valence-electron chi connectivity index (χ4n) is 5.97. The van der Waals surface area contributed by atoms with Gasteiger partial charge in [-0.15, -0.1) is 11.3 Å². The van der Waals surface area contributed by atoms with E-state index in [2.05, 4.69) is 61.3 Å². The number of alkyl halides is 3. The molecule has 1 aromatic carbocycles. The number of aryl methyl sites for hydroxylation is 2. The Morgan fingerprint density at radius 2 is 1.98 bits per heavy atom. The molecule has 43 heavy (non-hydrogen) atoms. The third-order valence-electron chi connectivity index (χ3n) is 8.33. The second kappa shape index (κ2) is 11.9. The molecule has 8 nitrogen and oxygen atoms in total. The molecule has 0 atom stereocenters. The molecule has 1 saturated heterocycles. The highest BCUT2D eigenvalue weighted by atomic mass is 32.1. The number of nitrogens with zero attached hydrogens (tertiary/aromatic N) is 5. The molecule has 0 radical (unpaired) electrons. The molecule has 4 aromatic rings. The van der Waals surface area contributed by atoms with Gasteiger partial charge in [-0.25, -0.2) is 9.97 Å². The van der Waals surface area contributed by atoms with Crippen LogP contribution in [-0.2, 0) is 19.5 Å². The van der Waals surface area contributed by atoms with Gasteiger partial charge in [0.25, 0.3) is 0 Å². The summed E-state index contributed by atoms with van der Waals surface area (Å²) in [6.45, 7) is 6.17. The smallest absolute Gasteiger partial charge is 0.386 e. The monoisotopic (exact) mass is 606 g/mol. The molecule has 0 unspecified atom stereocenters. The second-order valence-corrected chi connectivity index (χ2v) is 12.4. The van der Waals surface area contributed by atoms with E-state index < -0.39 is 12.6 Å². The molecule has 2 aliphatic rings. The number of dihydropyridines is 1. The summed E-state index contributed by atoms with van der Waals surface area (Å²) < 4.78 is 40.8. The average molecular weight is 607 g/mol. The molecule has 4 N–H and O–H groups in total. The van der Waals surface area contributed by atoms with Crippen molar-refractivity contribution >= 4 is 38.3 Å². The Morgan fingerprint density at radius 1 is 1.16 bits per heavy atom. The van der Waals surface area contributed by atoms with E-state index in [4.69, 9.17) is 5.73 Å². The van der Waals surface area contributed by atoms with Gasteiger partial charge in [0.05, 0.1) is 17.6 Å². The summed E-state index contributed by atoms with van der Waals surface area (Å²) in [4.78, 5) is 11.8. The predicted molar refractivity (Wildman–Crippen MR) is 163 cm³/mol. The SMILES string of the molecule is Cc1c(CN2CCC(Nc3ncnc4sc(CC(F)(F)F)cc34)CC2)ccc2c1cc(C#N)n2CCC1=CC=C(N)NC1. The molecule has 5 heterocycles. The summed E-state index contributed by atoms with van der Waals surface area (Å²) in [7, 11) is 0. The van der Waals surface area contributed by atoms with Crippen LogP contribution in [0.2, 0.25) is 0 Å². The van der Waals surface area contributed by atoms with E-state index in [9.17, 15) is 18.4 Å². The Labute approximate surface area is 251 Å². The van der Waals surface area contributed by atoms with Gasteiger partial charge >= 0.3 is 6.18 Å². The molecule has 2 aliphatic heterocycles. The van der Waals surface area contributed by atoms with Crippen LogP contribution in [0.25, 0.3) is 21.1 Å². The average Bonchev–Trinajstić information content (AvgIpc) is 3.55. The van der Waals surface area contributed by atoms with Crippen LogP contribution >= 0.6 is 11.3 Å². The van der Waals surface area contributed by atoms with Crippen LogP contribution in [0.1, 0.15) is 41.0 Å². The molecule has 224 valence electrons. The molecule has 0 amide bonds. The third kappa shape index (κ3) is 6.48. The van der Waals surface area contributed by atoms with E-state index in [-0.39, 0.29) is 10.9 Å². The van der Waals surface area contributed by atoms with Crippen molar-refractivity contribution < 1.29 is 13.2 Å². The van der Waals surface area contributed by atoms with Crippen molar-refractivity contribution in [3.05, 3.63) is 75.8 Å². The second-order valence-electron chi connectivity index (χ2n) is 11.3. The molecule has 1 fully saturated rings. The zero-order chi connectivity index (χ0) is 30.1. The number of halogens is 3. The number of likely N-dealkylation sites (tertiary alicyclic amines) is 1. The number of hydrogen-bond donors (Lipinski definition) is 3. The van der Waals surface area contributed by atoms with E-state index in [1.807, 2.05) is 12.1 Å². The number of nitriles is 1. The predicted octanol–water partition coefficient (Wildman–Crippen LogP) is 5.73. The summed E-state index contributed by atoms with van der Waals surface area (Å²) in [5, 5.41) is 18.2. The van der Waals surface area contributed by atoms with Crippen molar-refractivity contribution in [3.63, 3.8) is 0 Å². The Kier molecular flexibility index (Phi) is 8.03. The first-order valence-electron chi connectivity index (χ1n) is 14.4. The van der Waals surface area contributed by atoms with E-state index in [0.29, 0.717) is 27.5 Å². The van der Waals surface area contributed by atoms with Crippen LogP contribution in [0.4, 0.5) is 19.0 Å². The topological polar surface area (TPSA) is 108 Å². The maximum absolute atomic E-state index is 12.9. The number of allylic oxidation sites excluding steroid dienone is 2. The van der Waals surface area contributed by atoms with E-state index in [1.165, 1.54) is 23.0 Å². The number of piperidine rings is 1. The van der Waals surface area contributed by atoms with Gasteiger partial charge in [-0.05, 0) is 67.2 Å². The number of anilines is 1. The molecular weight excluding hydrogens is 573 g/mol. The minimum atomic E-state index is -4.25. The van der Waals surface area contributed by atoms with Gasteiger partial charge in [-0.2, -0.15) is 18.4 Å². The molecule has 0 aliphatic carbocycles. The highest BCUT2D eigenvalue weighted by Gasteiger charge is 2.29. The van der Waals surface area contributed by atoms with Gasteiger partial charge in [-0.1, -0.05) is 12.1 Å². The number of benzene rings is 1. The van der Waals surface area contributed by atoms with Crippen LogP contribution < -0.4 is 16.4 Å². The van der Waals surface area contributed by atoms with Crippen molar-refractivity contribution in [1.29, 1.82) is 5.26 Å². The van der Waals surface area contributed by atoms with E-state index >= 15 is 0 Å². The molecule has 0 bridgehead atoms. The first kappa shape index (κ1) is 29.0. The normalized spacial score (nSPS) is 16.6. The number of fused-ring (bicyclic) bond motifs is 2. The van der Waals surface area contributed by atoms with Gasteiger partial charge in [0.1, 0.15) is 28.7 Å². The Morgan fingerprint density at radius 3 is 2.70 bits per heavy atom. The first-order chi connectivity index (χ1) is 20.7. The number of hydrogen-bond acceptors (Lipinski definition) is 8. The largest absolute Gasteiger partial charge is 0.393 e. The fourth-order valence-corrected chi connectivity index (χ4v) is 7.00. The van der Waals surface area contributed by atoms with Crippen LogP contribution in [0.15, 0.2) is 54.1 Å². The summed E-state index contributed by atoms with van der Waals surface area (Å²) in [5.74, 6) is 1.27. The lowest BCUT2D eigenvalue weighted by molar-refractivity contribution is -0.126. The molecule has 3 aromatic heterocycles. The maximum Gasteiger partial charge on any atom is 0.393 e. The quantitative estimate of drug-likeness (QED) is 0.235. The Balaban J connectivity index is 1.10. The number of aromatic nitrogens is 3. The minimum Gasteiger partial charge on any atom is -0.386 e. The lowest BCUT2D eigenvalue weighted by atomic mass is 10.0. The lowest BCUT2D eigenvalue weighted by Crippen LogP contribution is -2.39. The molecule has 0 spiro atoms. The zero-order valence-electron chi connectivity index (χ0n) is 23.8. The van der Waals surface area contributed by atoms with Crippen molar-refractivity contribution in [2.75, 3.05) is 25.0 Å². The molecule has 0 saturated carbocycles. The first-order valence-corrected chi connectivity index (χ1v) is 15.2. The van der Waals surface area contributed by atoms with Crippen LogP contribution in [0.3, 0.4) is 0 Å².